The van der Waals surface area contributed by atoms with Crippen LogP contribution >= 0.6 is 7.82 Å². The normalized spacial score (nSPS) is 12.9. The maximum atomic E-state index is 12.4. The van der Waals surface area contributed by atoms with E-state index in [4.69, 9.17) is 9.05 Å². The molecule has 0 bridgehead atoms. The first kappa shape index (κ1) is 29.6. The van der Waals surface area contributed by atoms with Crippen LogP contribution in [0.25, 0.3) is 0 Å². The minimum Gasteiger partial charge on any atom is -1.00 e. The molecule has 0 aliphatic heterocycles. The monoisotopic (exact) mass is 489 g/mol. The van der Waals surface area contributed by atoms with Crippen molar-refractivity contribution in [1.82, 2.24) is 0 Å². The van der Waals surface area contributed by atoms with E-state index < -0.39 is 7.82 Å². The first-order valence-electron chi connectivity index (χ1n) is 10.3. The summed E-state index contributed by atoms with van der Waals surface area (Å²) in [5.41, 5.74) is 1.72. The van der Waals surface area contributed by atoms with Crippen LogP contribution in [-0.2, 0) is 9.09 Å². The summed E-state index contributed by atoms with van der Waals surface area (Å²) >= 11 is 0. The van der Waals surface area contributed by atoms with Gasteiger partial charge in [0.1, 0.15) is 5.75 Å². The second kappa shape index (κ2) is 14.1. The van der Waals surface area contributed by atoms with Crippen LogP contribution in [0, 0.1) is 0 Å². The van der Waals surface area contributed by atoms with Gasteiger partial charge in [-0.05, 0) is 50.1 Å². The second-order valence-corrected chi connectivity index (χ2v) is 8.32. The number of carbonyl (C=O) groups excluding carboxylic acids is 2. The van der Waals surface area contributed by atoms with Crippen molar-refractivity contribution < 1.29 is 59.1 Å². The molecule has 0 spiro atoms. The molecule has 0 fully saturated rings. The van der Waals surface area contributed by atoms with Crippen molar-refractivity contribution in [3.8, 4) is 5.75 Å². The number of phosphoric ester groups is 1. The summed E-state index contributed by atoms with van der Waals surface area (Å²) in [7, 11) is -4.76. The average molecular weight is 489 g/mol. The Morgan fingerprint density at radius 3 is 2.12 bits per heavy atom. The molecule has 0 aliphatic rings. The number of hydrogen-bond donors (Lipinski definition) is 0. The van der Waals surface area contributed by atoms with E-state index in [-0.39, 0.29) is 66.9 Å². The molecule has 0 saturated carbocycles. The fourth-order valence-corrected chi connectivity index (χ4v) is 3.69. The zero-order valence-electron chi connectivity index (χ0n) is 20.7. The van der Waals surface area contributed by atoms with Gasteiger partial charge in [0.05, 0.1) is 5.76 Å². The molecule has 6 nitrogen and oxygen atoms in total. The van der Waals surface area contributed by atoms with Crippen LogP contribution in [-0.4, -0.2) is 11.6 Å². The van der Waals surface area contributed by atoms with E-state index in [1.54, 1.807) is 55.5 Å². The Balaban J connectivity index is 0.00000578. The molecule has 0 aromatic heterocycles. The van der Waals surface area contributed by atoms with E-state index in [1.165, 1.54) is 24.3 Å². The first-order chi connectivity index (χ1) is 15.7. The Hall–Kier alpha value is -2.47. The first-order valence-corrected chi connectivity index (χ1v) is 11.7. The van der Waals surface area contributed by atoms with E-state index in [0.29, 0.717) is 22.3 Å². The number of rotatable bonds is 12. The van der Waals surface area contributed by atoms with Crippen LogP contribution in [0.5, 0.6) is 5.75 Å². The molecule has 174 valence electrons. The average Bonchev–Trinajstić information content (AvgIpc) is 2.80. The zero-order chi connectivity index (χ0) is 24.4. The molecular formula is C26H27NaO6P-. The third-order valence-electron chi connectivity index (χ3n) is 4.56. The summed E-state index contributed by atoms with van der Waals surface area (Å²) in [4.78, 5) is 37.0. The van der Waals surface area contributed by atoms with Crippen molar-refractivity contribution in [2.75, 3.05) is 0 Å². The third-order valence-corrected chi connectivity index (χ3v) is 5.47. The van der Waals surface area contributed by atoms with Crippen LogP contribution in [0.4, 0.5) is 0 Å². The van der Waals surface area contributed by atoms with Gasteiger partial charge in [0.15, 0.2) is 11.6 Å². The minimum atomic E-state index is -4.76. The van der Waals surface area contributed by atoms with Gasteiger partial charge in [0, 0.05) is 23.1 Å². The van der Waals surface area contributed by atoms with E-state index in [2.05, 4.69) is 13.2 Å². The smallest absolute Gasteiger partial charge is 1.00 e. The Bertz CT molecular complexity index is 1140. The predicted molar refractivity (Wildman–Crippen MR) is 128 cm³/mol. The quantitative estimate of drug-likeness (QED) is 0.114. The molecule has 0 heterocycles. The standard InChI is InChI=1S/C26H27O6P.Na.H/c1-5-10-21(6-2)26(28)23-15-17-24(18-16-23)32-33(29,30)31-20(4)14-13-19(3)25(27)22-11-8-7-9-12-22;;/h5-12,15-18H,3-4,13-14H2,1-2H3,(H,29,30);;/q;+1;-1/p-1/b10-5-,21-6+;;. The van der Waals surface area contributed by atoms with Gasteiger partial charge in [-0.15, -0.1) is 0 Å². The Kier molecular flexibility index (Phi) is 12.2. The summed E-state index contributed by atoms with van der Waals surface area (Å²) in [6.45, 7) is 10.9. The summed E-state index contributed by atoms with van der Waals surface area (Å²) in [6, 6.07) is 14.3. The number of carbonyl (C=O) groups is 2. The van der Waals surface area contributed by atoms with Crippen LogP contribution in [0.1, 0.15) is 48.8 Å². The molecule has 2 aromatic rings. The Morgan fingerprint density at radius 1 is 0.971 bits per heavy atom. The van der Waals surface area contributed by atoms with Gasteiger partial charge in [-0.2, -0.15) is 0 Å². The van der Waals surface area contributed by atoms with Gasteiger partial charge in [-0.3, -0.25) is 9.59 Å². The Labute approximate surface area is 224 Å². The molecular weight excluding hydrogens is 462 g/mol. The predicted octanol–water partition coefficient (Wildman–Crippen LogP) is 3.11. The molecule has 1 atom stereocenters. The van der Waals surface area contributed by atoms with Gasteiger partial charge >= 0.3 is 37.4 Å². The fourth-order valence-electron chi connectivity index (χ4n) is 2.87. The van der Waals surface area contributed by atoms with Gasteiger partial charge in [-0.25, -0.2) is 4.57 Å². The maximum Gasteiger partial charge on any atom is 1.00 e. The number of hydrogen-bond acceptors (Lipinski definition) is 6. The SMILES string of the molecule is C=C(CCC(=C)C(=O)c1ccccc1)OP(=O)([O-])Oc1ccc(C(=O)C(/C=C\C)=C/C)cc1.[H-].[Na+]. The fraction of sp³-hybridized carbons (Fsp3) is 0.154. The van der Waals surface area contributed by atoms with E-state index >= 15 is 0 Å². The molecule has 0 N–H and O–H groups in total. The molecule has 0 radical (unpaired) electrons. The van der Waals surface area contributed by atoms with E-state index in [9.17, 15) is 19.0 Å². The molecule has 34 heavy (non-hydrogen) atoms. The number of benzene rings is 2. The van der Waals surface area contributed by atoms with Gasteiger partial charge in [0.2, 0.25) is 0 Å². The molecule has 2 rings (SSSR count). The second-order valence-electron chi connectivity index (χ2n) is 7.06. The summed E-state index contributed by atoms with van der Waals surface area (Å²) in [5.74, 6) is -0.502. The topological polar surface area (TPSA) is 92.7 Å². The van der Waals surface area contributed by atoms with Crippen LogP contribution in [0.15, 0.2) is 103 Å². The largest absolute Gasteiger partial charge is 1.00 e. The van der Waals surface area contributed by atoms with Gasteiger partial charge in [0.25, 0.3) is 0 Å². The molecule has 8 heteroatoms. The van der Waals surface area contributed by atoms with Crippen molar-refractivity contribution in [3.63, 3.8) is 0 Å². The molecule has 0 aliphatic carbocycles. The van der Waals surface area contributed by atoms with Crippen LogP contribution < -0.4 is 39.0 Å². The third kappa shape index (κ3) is 9.05. The van der Waals surface area contributed by atoms with Gasteiger partial charge < -0.3 is 15.4 Å². The molecule has 0 saturated heterocycles. The maximum absolute atomic E-state index is 12.4. The molecule has 0 amide bonds. The van der Waals surface area contributed by atoms with Crippen LogP contribution in [0.3, 0.4) is 0 Å². The molecule has 2 aromatic carbocycles. The van der Waals surface area contributed by atoms with Crippen molar-refractivity contribution in [3.05, 3.63) is 114 Å². The summed E-state index contributed by atoms with van der Waals surface area (Å²) < 4.78 is 22.1. The van der Waals surface area contributed by atoms with Crippen molar-refractivity contribution >= 4 is 19.4 Å². The molecule has 1 unspecified atom stereocenters. The van der Waals surface area contributed by atoms with Gasteiger partial charge in [-0.1, -0.05) is 61.7 Å². The van der Waals surface area contributed by atoms with E-state index in [0.717, 1.165) is 0 Å². The van der Waals surface area contributed by atoms with Crippen molar-refractivity contribution in [2.45, 2.75) is 26.7 Å². The van der Waals surface area contributed by atoms with E-state index in [1.807, 2.05) is 6.92 Å². The van der Waals surface area contributed by atoms with Crippen molar-refractivity contribution in [1.29, 1.82) is 0 Å². The zero-order valence-corrected chi connectivity index (χ0v) is 22.5. The van der Waals surface area contributed by atoms with Crippen LogP contribution in [0.2, 0.25) is 0 Å². The number of ketones is 2. The number of phosphoric acid groups is 1. The number of allylic oxidation sites excluding steroid dienone is 6. The number of Topliss-reactive ketones (excluding diaryl/α,β-unsaturated/α-hetero) is 2. The van der Waals surface area contributed by atoms with Crippen molar-refractivity contribution in [2.24, 2.45) is 0 Å². The minimum absolute atomic E-state index is 0. The summed E-state index contributed by atoms with van der Waals surface area (Å²) in [6.07, 6.45) is 5.41. The Morgan fingerprint density at radius 2 is 1.56 bits per heavy atom. The summed E-state index contributed by atoms with van der Waals surface area (Å²) in [5, 5.41) is 0.